The number of nitrogens with one attached hydrogen (secondary N) is 4. The standard InChI is InChI=1S/C15H19FN4O3/c1-9-6-10(2-3-11(9)16)19-13(21)4-5-18-15(23)12-7-17-8-14(22)20-12/h2-3,6,12,17H,4-5,7-8H2,1H3,(H,18,23)(H,19,21)(H,20,22)/t12-/m0/s1. The fourth-order valence-corrected chi connectivity index (χ4v) is 2.15. The van der Waals surface area contributed by atoms with Crippen LogP contribution >= 0.6 is 0 Å². The van der Waals surface area contributed by atoms with Crippen molar-refractivity contribution < 1.29 is 18.8 Å². The molecule has 1 fully saturated rings. The Hall–Kier alpha value is -2.48. The molecule has 1 aromatic rings. The Bertz CT molecular complexity index is 621. The van der Waals surface area contributed by atoms with Gasteiger partial charge in [0.15, 0.2) is 0 Å². The van der Waals surface area contributed by atoms with Gasteiger partial charge in [0.1, 0.15) is 11.9 Å². The van der Waals surface area contributed by atoms with Gasteiger partial charge in [-0.3, -0.25) is 14.4 Å². The van der Waals surface area contributed by atoms with Crippen LogP contribution in [0.15, 0.2) is 18.2 Å². The Labute approximate surface area is 133 Å². The van der Waals surface area contributed by atoms with Gasteiger partial charge in [-0.05, 0) is 30.7 Å². The molecule has 0 spiro atoms. The predicted molar refractivity (Wildman–Crippen MR) is 82.2 cm³/mol. The third-order valence-corrected chi connectivity index (χ3v) is 3.38. The highest BCUT2D eigenvalue weighted by Gasteiger charge is 2.23. The molecule has 124 valence electrons. The molecule has 1 aliphatic heterocycles. The van der Waals surface area contributed by atoms with Crippen LogP contribution in [0.4, 0.5) is 10.1 Å². The van der Waals surface area contributed by atoms with Crippen LogP contribution in [0.5, 0.6) is 0 Å². The average molecular weight is 322 g/mol. The molecule has 0 aromatic heterocycles. The number of anilines is 1. The van der Waals surface area contributed by atoms with Gasteiger partial charge in [-0.15, -0.1) is 0 Å². The lowest BCUT2D eigenvalue weighted by molar-refractivity contribution is -0.130. The molecule has 3 amide bonds. The van der Waals surface area contributed by atoms with Crippen molar-refractivity contribution in [3.05, 3.63) is 29.6 Å². The smallest absolute Gasteiger partial charge is 0.243 e. The number of amides is 3. The highest BCUT2D eigenvalue weighted by Crippen LogP contribution is 2.13. The van der Waals surface area contributed by atoms with E-state index < -0.39 is 6.04 Å². The summed E-state index contributed by atoms with van der Waals surface area (Å²) in [5, 5.41) is 10.6. The summed E-state index contributed by atoms with van der Waals surface area (Å²) in [5.41, 5.74) is 0.945. The lowest BCUT2D eigenvalue weighted by Gasteiger charge is -2.23. The number of rotatable bonds is 5. The summed E-state index contributed by atoms with van der Waals surface area (Å²) in [6, 6.07) is 3.67. The fourth-order valence-electron chi connectivity index (χ4n) is 2.15. The van der Waals surface area contributed by atoms with Gasteiger partial charge in [-0.25, -0.2) is 4.39 Å². The molecule has 2 rings (SSSR count). The quantitative estimate of drug-likeness (QED) is 0.596. The van der Waals surface area contributed by atoms with Gasteiger partial charge >= 0.3 is 0 Å². The van der Waals surface area contributed by atoms with E-state index in [1.165, 1.54) is 18.2 Å². The zero-order valence-corrected chi connectivity index (χ0v) is 12.7. The number of halogens is 1. The van der Waals surface area contributed by atoms with E-state index in [9.17, 15) is 18.8 Å². The van der Waals surface area contributed by atoms with Crippen LogP contribution in [0.25, 0.3) is 0 Å². The topological polar surface area (TPSA) is 99.3 Å². The molecule has 1 atom stereocenters. The van der Waals surface area contributed by atoms with E-state index in [0.29, 0.717) is 17.8 Å². The summed E-state index contributed by atoms with van der Waals surface area (Å²) in [6.45, 7) is 2.32. The van der Waals surface area contributed by atoms with Crippen molar-refractivity contribution in [2.24, 2.45) is 0 Å². The first-order chi connectivity index (χ1) is 11.0. The van der Waals surface area contributed by atoms with Gasteiger partial charge in [0.2, 0.25) is 17.7 Å². The molecule has 0 radical (unpaired) electrons. The molecule has 1 aromatic carbocycles. The Morgan fingerprint density at radius 1 is 1.39 bits per heavy atom. The van der Waals surface area contributed by atoms with Crippen molar-refractivity contribution in [2.75, 3.05) is 25.0 Å². The van der Waals surface area contributed by atoms with E-state index in [1.54, 1.807) is 6.92 Å². The van der Waals surface area contributed by atoms with E-state index in [2.05, 4.69) is 21.3 Å². The molecule has 7 nitrogen and oxygen atoms in total. The van der Waals surface area contributed by atoms with Crippen LogP contribution in [-0.4, -0.2) is 43.4 Å². The highest BCUT2D eigenvalue weighted by molar-refractivity contribution is 5.92. The third-order valence-electron chi connectivity index (χ3n) is 3.38. The number of benzene rings is 1. The van der Waals surface area contributed by atoms with Gasteiger partial charge in [-0.1, -0.05) is 0 Å². The van der Waals surface area contributed by atoms with Gasteiger partial charge in [0, 0.05) is 25.2 Å². The Morgan fingerprint density at radius 2 is 2.17 bits per heavy atom. The SMILES string of the molecule is Cc1cc(NC(=O)CCNC(=O)[C@@H]2CNCC(=O)N2)ccc1F. The van der Waals surface area contributed by atoms with E-state index in [4.69, 9.17) is 0 Å². The number of hydrogen-bond acceptors (Lipinski definition) is 4. The molecule has 0 unspecified atom stereocenters. The lowest BCUT2D eigenvalue weighted by Crippen LogP contribution is -2.58. The van der Waals surface area contributed by atoms with Crippen LogP contribution < -0.4 is 21.3 Å². The van der Waals surface area contributed by atoms with Crippen LogP contribution in [0.3, 0.4) is 0 Å². The summed E-state index contributed by atoms with van der Waals surface area (Å²) in [7, 11) is 0. The number of piperazine rings is 1. The van der Waals surface area contributed by atoms with Crippen molar-refractivity contribution in [1.82, 2.24) is 16.0 Å². The summed E-state index contributed by atoms with van der Waals surface area (Å²) < 4.78 is 13.1. The second-order valence-corrected chi connectivity index (χ2v) is 5.30. The summed E-state index contributed by atoms with van der Waals surface area (Å²) in [5.74, 6) is -1.20. The average Bonchev–Trinajstić information content (AvgIpc) is 2.51. The molecule has 1 aliphatic rings. The molecule has 4 N–H and O–H groups in total. The molecule has 0 aliphatic carbocycles. The highest BCUT2D eigenvalue weighted by atomic mass is 19.1. The Morgan fingerprint density at radius 3 is 2.87 bits per heavy atom. The van der Waals surface area contributed by atoms with Crippen molar-refractivity contribution in [2.45, 2.75) is 19.4 Å². The molecule has 1 heterocycles. The first-order valence-electron chi connectivity index (χ1n) is 7.29. The summed E-state index contributed by atoms with van der Waals surface area (Å²) >= 11 is 0. The largest absolute Gasteiger partial charge is 0.354 e. The van der Waals surface area contributed by atoms with Crippen LogP contribution in [0, 0.1) is 12.7 Å². The van der Waals surface area contributed by atoms with Gasteiger partial charge in [-0.2, -0.15) is 0 Å². The van der Waals surface area contributed by atoms with Gasteiger partial charge in [0.05, 0.1) is 6.54 Å². The number of hydrogen-bond donors (Lipinski definition) is 4. The second-order valence-electron chi connectivity index (χ2n) is 5.30. The van der Waals surface area contributed by atoms with E-state index in [0.717, 1.165) is 0 Å². The zero-order valence-electron chi connectivity index (χ0n) is 12.7. The molecule has 1 saturated heterocycles. The minimum Gasteiger partial charge on any atom is -0.354 e. The van der Waals surface area contributed by atoms with Crippen molar-refractivity contribution in [1.29, 1.82) is 0 Å². The Balaban J connectivity index is 1.72. The first-order valence-corrected chi connectivity index (χ1v) is 7.29. The minimum atomic E-state index is -0.626. The molecular weight excluding hydrogens is 303 g/mol. The third kappa shape index (κ3) is 5.03. The molecule has 0 saturated carbocycles. The zero-order chi connectivity index (χ0) is 16.8. The molecule has 23 heavy (non-hydrogen) atoms. The van der Waals surface area contributed by atoms with E-state index >= 15 is 0 Å². The van der Waals surface area contributed by atoms with Crippen molar-refractivity contribution >= 4 is 23.4 Å². The molecule has 0 bridgehead atoms. The van der Waals surface area contributed by atoms with E-state index in [1.807, 2.05) is 0 Å². The van der Waals surface area contributed by atoms with Crippen LogP contribution in [-0.2, 0) is 14.4 Å². The van der Waals surface area contributed by atoms with E-state index in [-0.39, 0.29) is 43.0 Å². The van der Waals surface area contributed by atoms with Crippen LogP contribution in [0.1, 0.15) is 12.0 Å². The van der Waals surface area contributed by atoms with Crippen LogP contribution in [0.2, 0.25) is 0 Å². The predicted octanol–water partition coefficient (Wildman–Crippen LogP) is -0.333. The van der Waals surface area contributed by atoms with Crippen molar-refractivity contribution in [3.8, 4) is 0 Å². The fraction of sp³-hybridized carbons (Fsp3) is 0.400. The first kappa shape index (κ1) is 16.9. The molecule has 8 heteroatoms. The van der Waals surface area contributed by atoms with Crippen molar-refractivity contribution in [3.63, 3.8) is 0 Å². The lowest BCUT2D eigenvalue weighted by atomic mass is 10.2. The number of carbonyl (C=O) groups excluding carboxylic acids is 3. The van der Waals surface area contributed by atoms with Gasteiger partial charge in [0.25, 0.3) is 0 Å². The second kappa shape index (κ2) is 7.68. The Kier molecular flexibility index (Phi) is 5.64. The summed E-state index contributed by atoms with van der Waals surface area (Å²) in [4.78, 5) is 34.8. The molecular formula is C15H19FN4O3. The van der Waals surface area contributed by atoms with Gasteiger partial charge < -0.3 is 21.3 Å². The number of aryl methyl sites for hydroxylation is 1. The number of carbonyl (C=O) groups is 3. The normalized spacial score (nSPS) is 17.3. The maximum atomic E-state index is 13.1. The monoisotopic (exact) mass is 322 g/mol. The maximum Gasteiger partial charge on any atom is 0.243 e. The minimum absolute atomic E-state index is 0.0796. The summed E-state index contributed by atoms with van der Waals surface area (Å²) in [6.07, 6.45) is 0.0796. The maximum absolute atomic E-state index is 13.1.